The molecule has 1 aromatic rings. The molecule has 1 heterocycles. The lowest BCUT2D eigenvalue weighted by atomic mass is 9.88. The standard InChI is InChI=1S/C9H13NO2/c1-6-5-10-12-7(6)8(11)9(2,3)4/h5H,1-4H3. The van der Waals surface area contributed by atoms with Crippen LogP contribution in [-0.4, -0.2) is 10.9 Å². The number of nitrogens with zero attached hydrogens (tertiary/aromatic N) is 1. The SMILES string of the molecule is Cc1cnoc1C(=O)C(C)(C)C. The molecule has 1 rings (SSSR count). The van der Waals surface area contributed by atoms with E-state index in [9.17, 15) is 4.79 Å². The molecule has 0 aliphatic heterocycles. The molecular formula is C9H13NO2. The van der Waals surface area contributed by atoms with Crippen molar-refractivity contribution in [2.24, 2.45) is 5.41 Å². The van der Waals surface area contributed by atoms with Crippen molar-refractivity contribution < 1.29 is 9.32 Å². The van der Waals surface area contributed by atoms with E-state index in [1.54, 1.807) is 6.20 Å². The fourth-order valence-corrected chi connectivity index (χ4v) is 0.850. The molecule has 0 aliphatic carbocycles. The van der Waals surface area contributed by atoms with Crippen LogP contribution in [-0.2, 0) is 0 Å². The van der Waals surface area contributed by atoms with Crippen LogP contribution in [0.25, 0.3) is 0 Å². The molecule has 0 amide bonds. The van der Waals surface area contributed by atoms with Crippen LogP contribution in [0.5, 0.6) is 0 Å². The van der Waals surface area contributed by atoms with Gasteiger partial charge in [0.1, 0.15) is 0 Å². The molecule has 3 heteroatoms. The van der Waals surface area contributed by atoms with E-state index in [0.29, 0.717) is 5.76 Å². The minimum absolute atomic E-state index is 0.00231. The lowest BCUT2D eigenvalue weighted by molar-refractivity contribution is 0.0818. The van der Waals surface area contributed by atoms with Crippen molar-refractivity contribution in [1.29, 1.82) is 0 Å². The lowest BCUT2D eigenvalue weighted by Crippen LogP contribution is -2.20. The molecule has 0 spiro atoms. The number of rotatable bonds is 1. The number of hydrogen-bond acceptors (Lipinski definition) is 3. The summed E-state index contributed by atoms with van der Waals surface area (Å²) in [6, 6.07) is 0. The molecule has 0 unspecified atom stereocenters. The molecule has 0 aromatic carbocycles. The maximum atomic E-state index is 11.6. The second-order valence-corrected chi connectivity index (χ2v) is 3.92. The third-order valence-electron chi connectivity index (χ3n) is 1.64. The van der Waals surface area contributed by atoms with E-state index >= 15 is 0 Å². The summed E-state index contributed by atoms with van der Waals surface area (Å²) in [6.45, 7) is 7.39. The molecule has 0 aliphatic rings. The summed E-state index contributed by atoms with van der Waals surface area (Å²) >= 11 is 0. The summed E-state index contributed by atoms with van der Waals surface area (Å²) in [5.41, 5.74) is 0.402. The third kappa shape index (κ3) is 1.55. The van der Waals surface area contributed by atoms with Gasteiger partial charge in [0.25, 0.3) is 0 Å². The first kappa shape index (κ1) is 8.97. The largest absolute Gasteiger partial charge is 0.353 e. The van der Waals surface area contributed by atoms with Crippen molar-refractivity contribution in [3.05, 3.63) is 17.5 Å². The van der Waals surface area contributed by atoms with Gasteiger partial charge in [-0.15, -0.1) is 0 Å². The minimum Gasteiger partial charge on any atom is -0.353 e. The maximum Gasteiger partial charge on any atom is 0.206 e. The monoisotopic (exact) mass is 167 g/mol. The molecule has 0 saturated carbocycles. The van der Waals surface area contributed by atoms with Crippen molar-refractivity contribution in [2.75, 3.05) is 0 Å². The van der Waals surface area contributed by atoms with Crippen LogP contribution in [0.15, 0.2) is 10.7 Å². The molecule has 0 saturated heterocycles. The Bertz CT molecular complexity index is 294. The van der Waals surface area contributed by atoms with Gasteiger partial charge in [-0.1, -0.05) is 25.9 Å². The average Bonchev–Trinajstić information content (AvgIpc) is 2.31. The van der Waals surface area contributed by atoms with E-state index in [0.717, 1.165) is 5.56 Å². The van der Waals surface area contributed by atoms with Gasteiger partial charge in [0.15, 0.2) is 0 Å². The molecular weight excluding hydrogens is 154 g/mol. The Balaban J connectivity index is 3.01. The van der Waals surface area contributed by atoms with Gasteiger partial charge >= 0.3 is 0 Å². The van der Waals surface area contributed by atoms with Crippen molar-refractivity contribution in [3.63, 3.8) is 0 Å². The maximum absolute atomic E-state index is 11.6. The summed E-state index contributed by atoms with van der Waals surface area (Å²) in [7, 11) is 0. The van der Waals surface area contributed by atoms with Gasteiger partial charge in [0, 0.05) is 11.0 Å². The molecule has 0 bridgehead atoms. The fourth-order valence-electron chi connectivity index (χ4n) is 0.850. The zero-order valence-electron chi connectivity index (χ0n) is 7.84. The summed E-state index contributed by atoms with van der Waals surface area (Å²) in [5, 5.41) is 3.56. The van der Waals surface area contributed by atoms with Crippen LogP contribution in [0.4, 0.5) is 0 Å². The topological polar surface area (TPSA) is 43.1 Å². The highest BCUT2D eigenvalue weighted by Crippen LogP contribution is 2.22. The Morgan fingerprint density at radius 1 is 1.50 bits per heavy atom. The molecule has 66 valence electrons. The van der Waals surface area contributed by atoms with Gasteiger partial charge < -0.3 is 4.52 Å². The van der Waals surface area contributed by atoms with E-state index in [-0.39, 0.29) is 5.78 Å². The predicted molar refractivity (Wildman–Crippen MR) is 45.0 cm³/mol. The number of hydrogen-bond donors (Lipinski definition) is 0. The number of Topliss-reactive ketones (excluding diaryl/α,β-unsaturated/α-hetero) is 1. The average molecular weight is 167 g/mol. The number of ketones is 1. The smallest absolute Gasteiger partial charge is 0.206 e. The molecule has 0 fully saturated rings. The first-order chi connectivity index (χ1) is 5.43. The molecule has 0 radical (unpaired) electrons. The summed E-state index contributed by atoms with van der Waals surface area (Å²) < 4.78 is 4.85. The van der Waals surface area contributed by atoms with Gasteiger partial charge in [-0.25, -0.2) is 0 Å². The van der Waals surface area contributed by atoms with E-state index in [1.165, 1.54) is 0 Å². The second kappa shape index (κ2) is 2.73. The first-order valence-electron chi connectivity index (χ1n) is 3.89. The van der Waals surface area contributed by atoms with Crippen LogP contribution >= 0.6 is 0 Å². The highest BCUT2D eigenvalue weighted by molar-refractivity contribution is 5.98. The van der Waals surface area contributed by atoms with Crippen LogP contribution < -0.4 is 0 Å². The summed E-state index contributed by atoms with van der Waals surface area (Å²) in [4.78, 5) is 11.6. The van der Waals surface area contributed by atoms with Crippen LogP contribution in [0.3, 0.4) is 0 Å². The first-order valence-corrected chi connectivity index (χ1v) is 3.89. The molecule has 12 heavy (non-hydrogen) atoms. The number of aromatic nitrogens is 1. The second-order valence-electron chi connectivity index (χ2n) is 3.92. The van der Waals surface area contributed by atoms with Gasteiger partial charge in [-0.05, 0) is 6.92 Å². The molecule has 0 N–H and O–H groups in total. The number of carbonyl (C=O) groups excluding carboxylic acids is 1. The molecule has 0 atom stereocenters. The summed E-state index contributed by atoms with van der Waals surface area (Å²) in [6.07, 6.45) is 1.55. The van der Waals surface area contributed by atoms with Gasteiger partial charge in [-0.2, -0.15) is 0 Å². The van der Waals surface area contributed by atoms with Crippen molar-refractivity contribution >= 4 is 5.78 Å². The van der Waals surface area contributed by atoms with E-state index in [1.807, 2.05) is 27.7 Å². The Kier molecular flexibility index (Phi) is 2.04. The minimum atomic E-state index is -0.399. The Labute approximate surface area is 71.7 Å². The van der Waals surface area contributed by atoms with Gasteiger partial charge in [0.2, 0.25) is 11.5 Å². The highest BCUT2D eigenvalue weighted by Gasteiger charge is 2.27. The fraction of sp³-hybridized carbons (Fsp3) is 0.556. The van der Waals surface area contributed by atoms with Crippen molar-refractivity contribution in [2.45, 2.75) is 27.7 Å². The van der Waals surface area contributed by atoms with E-state index < -0.39 is 5.41 Å². The molecule has 1 aromatic heterocycles. The Hall–Kier alpha value is -1.12. The van der Waals surface area contributed by atoms with E-state index in [4.69, 9.17) is 4.52 Å². The van der Waals surface area contributed by atoms with Crippen LogP contribution in [0, 0.1) is 12.3 Å². The number of aryl methyl sites for hydroxylation is 1. The van der Waals surface area contributed by atoms with Crippen molar-refractivity contribution in [3.8, 4) is 0 Å². The van der Waals surface area contributed by atoms with Gasteiger partial charge in [-0.3, -0.25) is 4.79 Å². The summed E-state index contributed by atoms with van der Waals surface area (Å²) in [5.74, 6) is 0.375. The number of carbonyl (C=O) groups is 1. The normalized spacial score (nSPS) is 11.7. The molecule has 3 nitrogen and oxygen atoms in total. The Morgan fingerprint density at radius 2 is 2.08 bits per heavy atom. The van der Waals surface area contributed by atoms with Crippen molar-refractivity contribution in [1.82, 2.24) is 5.16 Å². The zero-order valence-corrected chi connectivity index (χ0v) is 7.84. The Morgan fingerprint density at radius 3 is 2.42 bits per heavy atom. The van der Waals surface area contributed by atoms with Gasteiger partial charge in [0.05, 0.1) is 6.20 Å². The highest BCUT2D eigenvalue weighted by atomic mass is 16.5. The van der Waals surface area contributed by atoms with Crippen LogP contribution in [0.2, 0.25) is 0 Å². The quantitative estimate of drug-likeness (QED) is 0.602. The predicted octanol–water partition coefficient (Wildman–Crippen LogP) is 2.21. The van der Waals surface area contributed by atoms with Crippen LogP contribution in [0.1, 0.15) is 36.9 Å². The zero-order chi connectivity index (χ0) is 9.35. The van der Waals surface area contributed by atoms with E-state index in [2.05, 4.69) is 5.16 Å². The lowest BCUT2D eigenvalue weighted by Gasteiger charge is -2.13. The third-order valence-corrected chi connectivity index (χ3v) is 1.64.